The number of ether oxygens (including phenoxy) is 1. The van der Waals surface area contributed by atoms with Crippen molar-refractivity contribution in [1.29, 1.82) is 5.26 Å². The van der Waals surface area contributed by atoms with Gasteiger partial charge in [-0.2, -0.15) is 10.4 Å². The van der Waals surface area contributed by atoms with Crippen molar-refractivity contribution in [2.75, 3.05) is 18.4 Å². The molecule has 0 aromatic carbocycles. The zero-order valence-corrected chi connectivity index (χ0v) is 21.8. The van der Waals surface area contributed by atoms with Crippen molar-refractivity contribution in [3.05, 3.63) is 47.8 Å². The number of carbonyl (C=O) groups is 2. The number of nitrogens with two attached hydrogens (primary N) is 1. The molecule has 2 amide bonds. The van der Waals surface area contributed by atoms with Gasteiger partial charge in [0.25, 0.3) is 5.91 Å². The van der Waals surface area contributed by atoms with Crippen LogP contribution in [0.3, 0.4) is 0 Å². The fourth-order valence-electron chi connectivity index (χ4n) is 3.76. The molecule has 12 heteroatoms. The minimum absolute atomic E-state index is 0.185. The van der Waals surface area contributed by atoms with Gasteiger partial charge in [-0.25, -0.2) is 13.7 Å². The first-order valence-corrected chi connectivity index (χ1v) is 12.1. The summed E-state index contributed by atoms with van der Waals surface area (Å²) in [4.78, 5) is 28.5. The maximum atomic E-state index is 14.2. The van der Waals surface area contributed by atoms with Crippen molar-refractivity contribution in [1.82, 2.24) is 19.9 Å². The number of hydrogen-bond donors (Lipinski definition) is 4. The van der Waals surface area contributed by atoms with E-state index in [4.69, 9.17) is 15.7 Å². The van der Waals surface area contributed by atoms with Crippen LogP contribution in [0.15, 0.2) is 36.7 Å². The molecule has 38 heavy (non-hydrogen) atoms. The lowest BCUT2D eigenvalue weighted by Gasteiger charge is -2.24. The Morgan fingerprint density at radius 3 is 2.66 bits per heavy atom. The van der Waals surface area contributed by atoms with E-state index in [0.717, 1.165) is 0 Å². The zero-order chi connectivity index (χ0) is 28.1. The Morgan fingerprint density at radius 1 is 1.26 bits per heavy atom. The van der Waals surface area contributed by atoms with Crippen LogP contribution in [0, 0.1) is 11.3 Å². The summed E-state index contributed by atoms with van der Waals surface area (Å²) in [5, 5.41) is 29.0. The molecule has 0 aliphatic carbocycles. The maximum absolute atomic E-state index is 14.2. The fourth-order valence-corrected chi connectivity index (χ4v) is 3.76. The first kappa shape index (κ1) is 28.3. The maximum Gasteiger partial charge on any atom is 0.405 e. The molecule has 0 spiro atoms. The summed E-state index contributed by atoms with van der Waals surface area (Å²) >= 11 is 0. The number of aliphatic hydroxyl groups is 1. The molecule has 3 heterocycles. The first-order chi connectivity index (χ1) is 17.8. The van der Waals surface area contributed by atoms with E-state index in [1.807, 2.05) is 0 Å². The molecule has 0 saturated heterocycles. The number of halogens is 1. The Kier molecular flexibility index (Phi) is 8.53. The van der Waals surface area contributed by atoms with E-state index < -0.39 is 29.4 Å². The third-order valence-electron chi connectivity index (χ3n) is 5.90. The average molecular weight is 526 g/mol. The molecular weight excluding hydrogens is 493 g/mol. The predicted octanol–water partition coefficient (Wildman–Crippen LogP) is 3.17. The molecule has 0 bridgehead atoms. The SMILES string of the molecule is CC(C)(CCCNc1cc(-c2ccc3cc(C#N)cnn23)ncc1C(=O)NCC(F)C(C)(C)O)OC(N)=O. The van der Waals surface area contributed by atoms with Crippen LogP contribution in [0.4, 0.5) is 14.9 Å². The molecule has 0 saturated carbocycles. The van der Waals surface area contributed by atoms with E-state index in [-0.39, 0.29) is 12.1 Å². The van der Waals surface area contributed by atoms with Crippen LogP contribution in [0.2, 0.25) is 0 Å². The first-order valence-electron chi connectivity index (χ1n) is 12.1. The molecule has 202 valence electrons. The standard InChI is InChI=1S/C26H32FN7O4/c1-25(2,38-24(29)36)8-5-9-30-19-11-20(21-7-6-17-10-16(12-28)13-33-34(17)21)31-14-18(19)23(35)32-15-22(27)26(3,4)37/h6-7,10-11,13-14,22,37H,5,8-9,15H2,1-4H3,(H2,29,36)(H,30,31)(H,32,35). The van der Waals surface area contributed by atoms with Crippen LogP contribution in [-0.4, -0.2) is 62.2 Å². The summed E-state index contributed by atoms with van der Waals surface area (Å²) in [6.07, 6.45) is 1.39. The topological polar surface area (TPSA) is 168 Å². The number of alkyl halides is 1. The number of nitrogens with zero attached hydrogens (tertiary/aromatic N) is 4. The Bertz CT molecular complexity index is 1360. The highest BCUT2D eigenvalue weighted by Crippen LogP contribution is 2.26. The lowest BCUT2D eigenvalue weighted by Crippen LogP contribution is -2.42. The number of hydrogen-bond acceptors (Lipinski definition) is 8. The third kappa shape index (κ3) is 7.17. The number of anilines is 1. The third-order valence-corrected chi connectivity index (χ3v) is 5.90. The average Bonchev–Trinajstić information content (AvgIpc) is 3.26. The monoisotopic (exact) mass is 525 g/mol. The molecule has 3 aromatic rings. The van der Waals surface area contributed by atoms with Gasteiger partial charge in [-0.15, -0.1) is 0 Å². The normalized spacial score (nSPS) is 12.6. The van der Waals surface area contributed by atoms with Crippen molar-refractivity contribution in [2.45, 2.75) is 57.9 Å². The molecule has 11 nitrogen and oxygen atoms in total. The lowest BCUT2D eigenvalue weighted by molar-refractivity contribution is -0.00178. The number of aromatic nitrogens is 3. The van der Waals surface area contributed by atoms with Crippen molar-refractivity contribution in [2.24, 2.45) is 5.73 Å². The fraction of sp³-hybridized carbons (Fsp3) is 0.423. The number of nitriles is 1. The molecule has 0 aliphatic rings. The van der Waals surface area contributed by atoms with Gasteiger partial charge >= 0.3 is 6.09 Å². The van der Waals surface area contributed by atoms with E-state index in [2.05, 4.69) is 26.8 Å². The second-order valence-electron chi connectivity index (χ2n) is 10.1. The molecule has 3 rings (SSSR count). The van der Waals surface area contributed by atoms with Crippen LogP contribution in [0.5, 0.6) is 0 Å². The number of nitrogens with one attached hydrogen (secondary N) is 2. The Hall–Kier alpha value is -4.24. The van der Waals surface area contributed by atoms with Crippen LogP contribution in [0.1, 0.15) is 56.5 Å². The number of rotatable bonds is 11. The number of amides is 2. The number of pyridine rings is 1. The highest BCUT2D eigenvalue weighted by Gasteiger charge is 2.27. The highest BCUT2D eigenvalue weighted by molar-refractivity contribution is 6.00. The summed E-state index contributed by atoms with van der Waals surface area (Å²) < 4.78 is 21.0. The van der Waals surface area contributed by atoms with Gasteiger partial charge in [-0.1, -0.05) is 0 Å². The predicted molar refractivity (Wildman–Crippen MR) is 139 cm³/mol. The largest absolute Gasteiger partial charge is 0.444 e. The zero-order valence-electron chi connectivity index (χ0n) is 21.8. The summed E-state index contributed by atoms with van der Waals surface area (Å²) in [5.41, 5.74) is 5.67. The minimum atomic E-state index is -1.67. The summed E-state index contributed by atoms with van der Waals surface area (Å²) in [6.45, 7) is 6.19. The highest BCUT2D eigenvalue weighted by atomic mass is 19.1. The van der Waals surface area contributed by atoms with Crippen LogP contribution < -0.4 is 16.4 Å². The van der Waals surface area contributed by atoms with E-state index >= 15 is 0 Å². The van der Waals surface area contributed by atoms with Crippen molar-refractivity contribution in [3.8, 4) is 17.5 Å². The quantitative estimate of drug-likeness (QED) is 0.277. The molecule has 0 radical (unpaired) electrons. The van der Waals surface area contributed by atoms with Gasteiger partial charge in [0.1, 0.15) is 17.8 Å². The number of primary amides is 1. The summed E-state index contributed by atoms with van der Waals surface area (Å²) in [6, 6.07) is 9.04. The van der Waals surface area contributed by atoms with Crippen molar-refractivity contribution < 1.29 is 23.8 Å². The van der Waals surface area contributed by atoms with Gasteiger partial charge in [0.15, 0.2) is 0 Å². The van der Waals surface area contributed by atoms with Gasteiger partial charge in [-0.05, 0) is 64.8 Å². The molecule has 0 fully saturated rings. The van der Waals surface area contributed by atoms with Gasteiger partial charge in [0.05, 0.1) is 52.1 Å². The second-order valence-corrected chi connectivity index (χ2v) is 10.1. The number of fused-ring (bicyclic) bond motifs is 1. The smallest absolute Gasteiger partial charge is 0.405 e. The van der Waals surface area contributed by atoms with Crippen molar-refractivity contribution >= 4 is 23.2 Å². The van der Waals surface area contributed by atoms with Gasteiger partial charge in [0, 0.05) is 12.7 Å². The molecule has 5 N–H and O–H groups in total. The Balaban J connectivity index is 1.86. The van der Waals surface area contributed by atoms with Crippen LogP contribution in [-0.2, 0) is 4.74 Å². The van der Waals surface area contributed by atoms with Gasteiger partial charge < -0.3 is 26.2 Å². The van der Waals surface area contributed by atoms with Crippen molar-refractivity contribution in [3.63, 3.8) is 0 Å². The van der Waals surface area contributed by atoms with Gasteiger partial charge in [0.2, 0.25) is 0 Å². The summed E-state index contributed by atoms with van der Waals surface area (Å²) in [7, 11) is 0. The van der Waals surface area contributed by atoms with E-state index in [9.17, 15) is 19.1 Å². The van der Waals surface area contributed by atoms with E-state index in [1.165, 1.54) is 26.2 Å². The van der Waals surface area contributed by atoms with Gasteiger partial charge in [-0.3, -0.25) is 9.78 Å². The number of carbonyl (C=O) groups excluding carboxylic acids is 2. The molecule has 0 aliphatic heterocycles. The molecule has 3 aromatic heterocycles. The van der Waals surface area contributed by atoms with Crippen LogP contribution in [0.25, 0.3) is 16.9 Å². The molecule has 1 unspecified atom stereocenters. The summed E-state index contributed by atoms with van der Waals surface area (Å²) in [5.74, 6) is -0.562. The second kappa shape index (κ2) is 11.4. The Labute approximate surface area is 219 Å². The van der Waals surface area contributed by atoms with E-state index in [1.54, 1.807) is 42.6 Å². The van der Waals surface area contributed by atoms with Crippen LogP contribution >= 0.6 is 0 Å². The molecule has 1 atom stereocenters. The molecular formula is C26H32FN7O4. The van der Waals surface area contributed by atoms with E-state index in [0.29, 0.717) is 47.5 Å². The lowest BCUT2D eigenvalue weighted by atomic mass is 10.0. The minimum Gasteiger partial charge on any atom is -0.444 e. The Morgan fingerprint density at radius 2 is 2.00 bits per heavy atom.